The minimum absolute atomic E-state index is 0.134. The molecule has 7 nitrogen and oxygen atoms in total. The van der Waals surface area contributed by atoms with Gasteiger partial charge < -0.3 is 5.73 Å². The zero-order valence-electron chi connectivity index (χ0n) is 18.4. The molecule has 0 spiro atoms. The predicted molar refractivity (Wildman–Crippen MR) is 137 cm³/mol. The molecule has 3 N–H and O–H groups in total. The maximum atomic E-state index is 11.9. The maximum Gasteiger partial charge on any atom is 0.295 e. The third kappa shape index (κ3) is 4.52. The minimum Gasteiger partial charge on any atom is -0.396 e. The van der Waals surface area contributed by atoms with Crippen molar-refractivity contribution in [1.29, 1.82) is 0 Å². The predicted octanol–water partition coefficient (Wildman–Crippen LogP) is 6.81. The molecule has 1 aromatic heterocycles. The molecule has 0 saturated carbocycles. The second kappa shape index (κ2) is 9.09. The lowest BCUT2D eigenvalue weighted by Crippen LogP contribution is -2.01. The van der Waals surface area contributed by atoms with Gasteiger partial charge >= 0.3 is 0 Å². The Kier molecular flexibility index (Phi) is 5.82. The second-order valence-corrected chi connectivity index (χ2v) is 9.23. The van der Waals surface area contributed by atoms with Gasteiger partial charge in [-0.3, -0.25) is 9.54 Å². The van der Waals surface area contributed by atoms with Crippen LogP contribution >= 0.6 is 0 Å². The van der Waals surface area contributed by atoms with E-state index in [2.05, 4.69) is 33.4 Å². The van der Waals surface area contributed by atoms with E-state index in [9.17, 15) is 13.0 Å². The number of nitrogens with zero attached hydrogens (tertiary/aromatic N) is 3. The summed E-state index contributed by atoms with van der Waals surface area (Å²) in [4.78, 5) is 4.28. The van der Waals surface area contributed by atoms with Gasteiger partial charge in [0, 0.05) is 16.3 Å². The summed E-state index contributed by atoms with van der Waals surface area (Å²) >= 11 is 0. The van der Waals surface area contributed by atoms with Gasteiger partial charge in [0.05, 0.1) is 17.6 Å². The van der Waals surface area contributed by atoms with Crippen molar-refractivity contribution in [3.63, 3.8) is 0 Å². The number of benzene rings is 4. The molecule has 0 aliphatic carbocycles. The Bertz CT molecular complexity index is 1670. The van der Waals surface area contributed by atoms with Gasteiger partial charge in [-0.05, 0) is 29.3 Å². The van der Waals surface area contributed by atoms with Crippen LogP contribution in [0.15, 0.2) is 118 Å². The smallest absolute Gasteiger partial charge is 0.295 e. The van der Waals surface area contributed by atoms with Crippen LogP contribution in [0.4, 0.5) is 17.1 Å². The lowest BCUT2D eigenvalue weighted by Gasteiger charge is -2.10. The normalized spacial score (nSPS) is 11.8. The average Bonchev–Trinajstić information content (AvgIpc) is 2.88. The third-order valence-corrected chi connectivity index (χ3v) is 6.51. The zero-order valence-corrected chi connectivity index (χ0v) is 19.2. The van der Waals surface area contributed by atoms with Gasteiger partial charge in [0.25, 0.3) is 10.1 Å². The first kappa shape index (κ1) is 22.4. The molecule has 0 amide bonds. The molecular weight excluding hydrogens is 460 g/mol. The quantitative estimate of drug-likeness (QED) is 0.163. The molecule has 0 unspecified atom stereocenters. The largest absolute Gasteiger partial charge is 0.396 e. The Morgan fingerprint density at radius 2 is 1.40 bits per heavy atom. The topological polar surface area (TPSA) is 118 Å². The number of pyridine rings is 1. The van der Waals surface area contributed by atoms with Gasteiger partial charge in [-0.1, -0.05) is 78.9 Å². The van der Waals surface area contributed by atoms with Gasteiger partial charge in [-0.15, -0.1) is 10.2 Å². The summed E-state index contributed by atoms with van der Waals surface area (Å²) in [6.45, 7) is 0. The standard InChI is InChI=1S/C27H20N4O3S/c28-27-23-13-7-6-12-22(23)26(35(32,33)34)16-25(27)31-30-19-14-15-24(29-17-19)21-11-5-4-10-20(21)18-8-2-1-3-9-18/h1-17H,28H2,(H,32,33,34)/b31-30+. The first-order chi connectivity index (χ1) is 16.9. The fourth-order valence-electron chi connectivity index (χ4n) is 3.94. The number of nitrogens with two attached hydrogens (primary N) is 1. The Morgan fingerprint density at radius 3 is 2.09 bits per heavy atom. The number of aromatic nitrogens is 1. The van der Waals surface area contributed by atoms with E-state index >= 15 is 0 Å². The molecular formula is C27H20N4O3S. The van der Waals surface area contributed by atoms with Crippen molar-refractivity contribution in [1.82, 2.24) is 4.98 Å². The molecule has 0 aliphatic heterocycles. The van der Waals surface area contributed by atoms with Crippen LogP contribution in [0.3, 0.4) is 0 Å². The number of azo groups is 1. The van der Waals surface area contributed by atoms with Crippen LogP contribution in [-0.4, -0.2) is 18.0 Å². The van der Waals surface area contributed by atoms with Crippen molar-refractivity contribution < 1.29 is 13.0 Å². The summed E-state index contributed by atoms with van der Waals surface area (Å²) in [5, 5.41) is 9.12. The number of hydrogen-bond acceptors (Lipinski definition) is 6. The molecule has 5 aromatic rings. The van der Waals surface area contributed by atoms with Crippen molar-refractivity contribution in [2.75, 3.05) is 5.73 Å². The Labute approximate surface area is 202 Å². The van der Waals surface area contributed by atoms with E-state index in [1.54, 1.807) is 36.5 Å². The van der Waals surface area contributed by atoms with E-state index in [0.29, 0.717) is 16.5 Å². The molecule has 0 aliphatic rings. The summed E-state index contributed by atoms with van der Waals surface area (Å²) < 4.78 is 33.5. The molecule has 0 fully saturated rings. The highest BCUT2D eigenvalue weighted by molar-refractivity contribution is 7.86. The van der Waals surface area contributed by atoms with Crippen LogP contribution in [0.5, 0.6) is 0 Å². The van der Waals surface area contributed by atoms with Gasteiger partial charge in [-0.25, -0.2) is 0 Å². The Balaban J connectivity index is 1.50. The molecule has 4 aromatic carbocycles. The summed E-state index contributed by atoms with van der Waals surface area (Å²) in [5.74, 6) is 0. The maximum absolute atomic E-state index is 11.9. The highest BCUT2D eigenvalue weighted by Gasteiger charge is 2.18. The van der Waals surface area contributed by atoms with Gasteiger partial charge in [0.2, 0.25) is 0 Å². The van der Waals surface area contributed by atoms with Crippen molar-refractivity contribution in [3.05, 3.63) is 103 Å². The van der Waals surface area contributed by atoms with Crippen molar-refractivity contribution >= 4 is 38.0 Å². The average molecular weight is 481 g/mol. The number of anilines is 1. The molecule has 8 heteroatoms. The lowest BCUT2D eigenvalue weighted by atomic mass is 9.97. The van der Waals surface area contributed by atoms with Crippen molar-refractivity contribution in [2.24, 2.45) is 10.2 Å². The summed E-state index contributed by atoms with van der Waals surface area (Å²) in [6, 6.07) is 29.6. The monoisotopic (exact) mass is 480 g/mol. The van der Waals surface area contributed by atoms with Crippen LogP contribution in [0.2, 0.25) is 0 Å². The molecule has 5 rings (SSSR count). The van der Waals surface area contributed by atoms with Crippen LogP contribution in [0.25, 0.3) is 33.2 Å². The van der Waals surface area contributed by atoms with Crippen LogP contribution in [-0.2, 0) is 10.1 Å². The third-order valence-electron chi connectivity index (χ3n) is 5.61. The van der Waals surface area contributed by atoms with Crippen LogP contribution in [0, 0.1) is 0 Å². The molecule has 172 valence electrons. The number of rotatable bonds is 5. The molecule has 0 radical (unpaired) electrons. The molecule has 35 heavy (non-hydrogen) atoms. The van der Waals surface area contributed by atoms with Gasteiger partial charge in [-0.2, -0.15) is 8.42 Å². The first-order valence-corrected chi connectivity index (χ1v) is 12.2. The van der Waals surface area contributed by atoms with E-state index in [1.165, 1.54) is 6.07 Å². The van der Waals surface area contributed by atoms with E-state index in [0.717, 1.165) is 22.4 Å². The highest BCUT2D eigenvalue weighted by atomic mass is 32.2. The fraction of sp³-hybridized carbons (Fsp3) is 0. The number of fused-ring (bicyclic) bond motifs is 1. The Hall–Kier alpha value is -4.40. The van der Waals surface area contributed by atoms with E-state index in [1.807, 2.05) is 42.5 Å². The highest BCUT2D eigenvalue weighted by Crippen LogP contribution is 2.37. The minimum atomic E-state index is -4.48. The van der Waals surface area contributed by atoms with Crippen LogP contribution in [0.1, 0.15) is 0 Å². The summed E-state index contributed by atoms with van der Waals surface area (Å²) in [7, 11) is -4.48. The van der Waals surface area contributed by atoms with E-state index < -0.39 is 10.1 Å². The summed E-state index contributed by atoms with van der Waals surface area (Å²) in [6.07, 6.45) is 1.58. The first-order valence-electron chi connectivity index (χ1n) is 10.7. The van der Waals surface area contributed by atoms with Crippen LogP contribution < -0.4 is 5.73 Å². The van der Waals surface area contributed by atoms with Crippen molar-refractivity contribution in [3.8, 4) is 22.4 Å². The number of hydrogen-bond donors (Lipinski definition) is 2. The van der Waals surface area contributed by atoms with Gasteiger partial charge in [0.1, 0.15) is 16.3 Å². The molecule has 0 bridgehead atoms. The molecule has 0 atom stereocenters. The SMILES string of the molecule is Nc1c(/N=N/c2ccc(-c3ccccc3-c3ccccc3)nc2)cc(S(=O)(=O)O)c2ccccc12. The Morgan fingerprint density at radius 1 is 0.743 bits per heavy atom. The molecule has 0 saturated heterocycles. The molecule has 1 heterocycles. The second-order valence-electron chi connectivity index (χ2n) is 7.84. The zero-order chi connectivity index (χ0) is 24.4. The summed E-state index contributed by atoms with van der Waals surface area (Å²) in [5.41, 5.74) is 11.0. The lowest BCUT2D eigenvalue weighted by molar-refractivity contribution is 0.484. The number of nitrogen functional groups attached to an aromatic ring is 1. The fourth-order valence-corrected chi connectivity index (χ4v) is 4.66. The van der Waals surface area contributed by atoms with E-state index in [4.69, 9.17) is 5.73 Å². The van der Waals surface area contributed by atoms with Crippen molar-refractivity contribution in [2.45, 2.75) is 4.90 Å². The van der Waals surface area contributed by atoms with E-state index in [-0.39, 0.29) is 16.3 Å². The van der Waals surface area contributed by atoms with Gasteiger partial charge in [0.15, 0.2) is 0 Å².